The van der Waals surface area contributed by atoms with Crippen molar-refractivity contribution in [1.29, 1.82) is 0 Å². The number of hydrogen-bond donors (Lipinski definition) is 1. The molecule has 1 aliphatic rings. The Labute approximate surface area is 77.1 Å². The van der Waals surface area contributed by atoms with Crippen LogP contribution in [-0.4, -0.2) is 12.1 Å². The summed E-state index contributed by atoms with van der Waals surface area (Å²) in [6.45, 7) is 4.56. The summed E-state index contributed by atoms with van der Waals surface area (Å²) >= 11 is 0. The van der Waals surface area contributed by atoms with E-state index in [1.54, 1.807) is 4.90 Å². The summed E-state index contributed by atoms with van der Waals surface area (Å²) in [7, 11) is 4.25. The SMILES string of the molecule is [CH2-][NH+]1[C@H](CCC)CC[C@@H]1CCC. The van der Waals surface area contributed by atoms with Gasteiger partial charge in [-0.1, -0.05) is 26.7 Å². The summed E-state index contributed by atoms with van der Waals surface area (Å²) in [6.07, 6.45) is 8.22. The third-order valence-corrected chi connectivity index (χ3v) is 3.19. The van der Waals surface area contributed by atoms with Crippen molar-refractivity contribution in [2.24, 2.45) is 0 Å². The zero-order chi connectivity index (χ0) is 8.97. The third-order valence-electron chi connectivity index (χ3n) is 3.19. The van der Waals surface area contributed by atoms with Crippen LogP contribution in [0.1, 0.15) is 52.4 Å². The van der Waals surface area contributed by atoms with Crippen LogP contribution in [0.3, 0.4) is 0 Å². The fourth-order valence-electron chi connectivity index (χ4n) is 2.46. The van der Waals surface area contributed by atoms with Gasteiger partial charge in [0.15, 0.2) is 0 Å². The second-order valence-electron chi connectivity index (χ2n) is 4.12. The second-order valence-corrected chi connectivity index (χ2v) is 4.12. The Balaban J connectivity index is 2.32. The molecule has 1 rings (SSSR count). The van der Waals surface area contributed by atoms with E-state index in [0.717, 1.165) is 12.1 Å². The quantitative estimate of drug-likeness (QED) is 0.612. The summed E-state index contributed by atoms with van der Waals surface area (Å²) < 4.78 is 0. The van der Waals surface area contributed by atoms with Gasteiger partial charge >= 0.3 is 0 Å². The highest BCUT2D eigenvalue weighted by Gasteiger charge is 2.28. The average molecular weight is 169 g/mol. The number of quaternary nitrogens is 1. The Hall–Kier alpha value is -0.0400. The fraction of sp³-hybridized carbons (Fsp3) is 0.909. The van der Waals surface area contributed by atoms with Gasteiger partial charge in [-0.2, -0.15) is 7.05 Å². The van der Waals surface area contributed by atoms with Crippen LogP contribution in [0.15, 0.2) is 0 Å². The van der Waals surface area contributed by atoms with Crippen molar-refractivity contribution in [3.05, 3.63) is 7.05 Å². The van der Waals surface area contributed by atoms with Gasteiger partial charge in [0.2, 0.25) is 0 Å². The molecule has 0 saturated carbocycles. The molecule has 12 heavy (non-hydrogen) atoms. The normalized spacial score (nSPS) is 35.8. The van der Waals surface area contributed by atoms with Crippen LogP contribution in [0, 0.1) is 7.05 Å². The summed E-state index contributed by atoms with van der Waals surface area (Å²) in [5.41, 5.74) is 0. The van der Waals surface area contributed by atoms with Crippen molar-refractivity contribution in [3.8, 4) is 0 Å². The molecule has 1 fully saturated rings. The predicted molar refractivity (Wildman–Crippen MR) is 52.9 cm³/mol. The highest BCUT2D eigenvalue weighted by molar-refractivity contribution is 4.70. The summed E-state index contributed by atoms with van der Waals surface area (Å²) in [5.74, 6) is 0. The molecule has 1 unspecified atom stereocenters. The molecule has 0 radical (unpaired) electrons. The number of rotatable bonds is 4. The zero-order valence-corrected chi connectivity index (χ0v) is 8.60. The van der Waals surface area contributed by atoms with E-state index in [1.807, 2.05) is 0 Å². The smallest absolute Gasteiger partial charge is 0.0639 e. The van der Waals surface area contributed by atoms with E-state index >= 15 is 0 Å². The van der Waals surface area contributed by atoms with E-state index in [-0.39, 0.29) is 0 Å². The highest BCUT2D eigenvalue weighted by atomic mass is 15.2. The lowest BCUT2D eigenvalue weighted by Crippen LogP contribution is -3.12. The molecule has 0 amide bonds. The van der Waals surface area contributed by atoms with E-state index in [2.05, 4.69) is 20.9 Å². The van der Waals surface area contributed by atoms with Crippen LogP contribution in [0.4, 0.5) is 0 Å². The van der Waals surface area contributed by atoms with Gasteiger partial charge in [0.05, 0.1) is 12.1 Å². The van der Waals surface area contributed by atoms with Gasteiger partial charge in [0.1, 0.15) is 0 Å². The van der Waals surface area contributed by atoms with Crippen molar-refractivity contribution in [2.45, 2.75) is 64.5 Å². The van der Waals surface area contributed by atoms with Crippen molar-refractivity contribution >= 4 is 0 Å². The Kier molecular flexibility index (Phi) is 4.07. The van der Waals surface area contributed by atoms with Crippen molar-refractivity contribution in [1.82, 2.24) is 0 Å². The molecule has 72 valence electrons. The van der Waals surface area contributed by atoms with Crippen molar-refractivity contribution in [3.63, 3.8) is 0 Å². The first-order valence-corrected chi connectivity index (χ1v) is 5.48. The first kappa shape index (κ1) is 10.0. The first-order valence-electron chi connectivity index (χ1n) is 5.48. The Morgan fingerprint density at radius 3 is 1.83 bits per heavy atom. The van der Waals surface area contributed by atoms with Crippen LogP contribution in [0.2, 0.25) is 0 Å². The van der Waals surface area contributed by atoms with E-state index < -0.39 is 0 Å². The molecule has 0 aromatic heterocycles. The van der Waals surface area contributed by atoms with Gasteiger partial charge in [-0.25, -0.2) is 0 Å². The fourth-order valence-corrected chi connectivity index (χ4v) is 2.46. The van der Waals surface area contributed by atoms with Crippen LogP contribution in [0.5, 0.6) is 0 Å². The topological polar surface area (TPSA) is 4.44 Å². The van der Waals surface area contributed by atoms with Crippen molar-refractivity contribution < 1.29 is 4.90 Å². The van der Waals surface area contributed by atoms with Crippen molar-refractivity contribution in [2.75, 3.05) is 0 Å². The van der Waals surface area contributed by atoms with E-state index in [1.165, 1.54) is 38.5 Å². The molecule has 1 N–H and O–H groups in total. The average Bonchev–Trinajstić information content (AvgIpc) is 2.38. The van der Waals surface area contributed by atoms with Crippen LogP contribution in [-0.2, 0) is 0 Å². The molecular weight excluding hydrogens is 146 g/mol. The van der Waals surface area contributed by atoms with E-state index in [4.69, 9.17) is 0 Å². The molecule has 1 nitrogen and oxygen atoms in total. The second kappa shape index (κ2) is 4.86. The van der Waals surface area contributed by atoms with Gasteiger partial charge in [-0.05, 0) is 12.8 Å². The number of nitrogens with one attached hydrogen (secondary N) is 1. The standard InChI is InChI=1S/C11H23N/c1-4-6-10-8-9-11(7-5-2)12(10)3/h10-12H,3-9H2,1-2H3/t10-,11+. The van der Waals surface area contributed by atoms with Crippen LogP contribution < -0.4 is 4.90 Å². The summed E-state index contributed by atoms with van der Waals surface area (Å²) in [4.78, 5) is 1.57. The predicted octanol–water partition coefficient (Wildman–Crippen LogP) is 1.79. The largest absolute Gasteiger partial charge is 0.463 e. The molecule has 1 heteroatoms. The molecule has 0 aromatic carbocycles. The lowest BCUT2D eigenvalue weighted by atomic mass is 10.1. The minimum absolute atomic E-state index is 0.867. The molecular formula is C11H23N. The Morgan fingerprint density at radius 1 is 1.08 bits per heavy atom. The molecule has 1 aliphatic heterocycles. The lowest BCUT2D eigenvalue weighted by Gasteiger charge is -2.29. The lowest BCUT2D eigenvalue weighted by molar-refractivity contribution is -0.892. The van der Waals surface area contributed by atoms with Crippen LogP contribution >= 0.6 is 0 Å². The Bertz CT molecular complexity index is 108. The Morgan fingerprint density at radius 2 is 1.50 bits per heavy atom. The molecule has 0 aliphatic carbocycles. The number of hydrogen-bond acceptors (Lipinski definition) is 0. The maximum atomic E-state index is 4.25. The highest BCUT2D eigenvalue weighted by Crippen LogP contribution is 2.14. The molecule has 1 saturated heterocycles. The first-order chi connectivity index (χ1) is 5.79. The molecule has 3 atom stereocenters. The maximum Gasteiger partial charge on any atom is 0.0639 e. The summed E-state index contributed by atoms with van der Waals surface area (Å²) in [6, 6.07) is 1.73. The third kappa shape index (κ3) is 2.22. The van der Waals surface area contributed by atoms with Gasteiger partial charge in [-0.15, -0.1) is 0 Å². The minimum Gasteiger partial charge on any atom is -0.463 e. The monoisotopic (exact) mass is 169 g/mol. The molecule has 0 spiro atoms. The van der Waals surface area contributed by atoms with Crippen LogP contribution in [0.25, 0.3) is 0 Å². The van der Waals surface area contributed by atoms with E-state index in [9.17, 15) is 0 Å². The van der Waals surface area contributed by atoms with Gasteiger partial charge < -0.3 is 4.90 Å². The molecule has 1 heterocycles. The molecule has 0 bridgehead atoms. The maximum absolute atomic E-state index is 4.25. The molecule has 0 aromatic rings. The zero-order valence-electron chi connectivity index (χ0n) is 8.60. The van der Waals surface area contributed by atoms with Gasteiger partial charge in [0, 0.05) is 12.8 Å². The van der Waals surface area contributed by atoms with Gasteiger partial charge in [0.25, 0.3) is 0 Å². The van der Waals surface area contributed by atoms with Gasteiger partial charge in [-0.3, -0.25) is 0 Å². The van der Waals surface area contributed by atoms with E-state index in [0.29, 0.717) is 0 Å². The minimum atomic E-state index is 0.867. The number of likely N-dealkylation sites (tertiary alicyclic amines) is 1. The summed E-state index contributed by atoms with van der Waals surface area (Å²) in [5, 5.41) is 0.